The number of esters is 1. The number of ether oxygens (including phenoxy) is 3. The maximum absolute atomic E-state index is 13.0. The number of Topliss-reactive ketones (excluding diaryl/α,β-unsaturated/α-hetero) is 1. The van der Waals surface area contributed by atoms with Gasteiger partial charge in [-0.05, 0) is 28.8 Å². The summed E-state index contributed by atoms with van der Waals surface area (Å²) in [5.41, 5.74) is -1.15. The number of rotatable bonds is 9. The Kier molecular flexibility index (Phi) is 8.55. The van der Waals surface area contributed by atoms with E-state index in [1.54, 1.807) is 20.8 Å². The average molecular weight is 555 g/mol. The lowest BCUT2D eigenvalue weighted by Crippen LogP contribution is -2.70. The van der Waals surface area contributed by atoms with E-state index in [-0.39, 0.29) is 23.8 Å². The molecule has 2 aromatic carbocycles. The van der Waals surface area contributed by atoms with Crippen molar-refractivity contribution >= 4 is 30.4 Å². The van der Waals surface area contributed by atoms with Gasteiger partial charge in [0, 0.05) is 13.0 Å². The van der Waals surface area contributed by atoms with Crippen molar-refractivity contribution in [1.82, 2.24) is 0 Å². The maximum atomic E-state index is 13.0. The summed E-state index contributed by atoms with van der Waals surface area (Å²) in [6.07, 6.45) is -1.96. The largest absolute Gasteiger partial charge is 0.466 e. The lowest BCUT2D eigenvalue weighted by atomic mass is 9.69. The van der Waals surface area contributed by atoms with Crippen molar-refractivity contribution in [2.75, 3.05) is 13.2 Å². The molecule has 0 amide bonds. The van der Waals surface area contributed by atoms with Crippen molar-refractivity contribution in [2.45, 2.75) is 89.9 Å². The zero-order valence-electron chi connectivity index (χ0n) is 23.9. The van der Waals surface area contributed by atoms with Crippen LogP contribution in [-0.4, -0.2) is 62.5 Å². The number of benzene rings is 2. The van der Waals surface area contributed by atoms with Gasteiger partial charge in [0.05, 0.1) is 18.1 Å². The molecule has 2 aliphatic heterocycles. The molecule has 2 fully saturated rings. The second-order valence-electron chi connectivity index (χ2n) is 12.1. The normalized spacial score (nSPS) is 26.7. The molecule has 4 atom stereocenters. The first-order valence-electron chi connectivity index (χ1n) is 13.9. The van der Waals surface area contributed by atoms with Gasteiger partial charge < -0.3 is 23.7 Å². The third-order valence-electron chi connectivity index (χ3n) is 8.28. The van der Waals surface area contributed by atoms with Crippen molar-refractivity contribution in [3.63, 3.8) is 0 Å². The molecule has 0 spiro atoms. The smallest absolute Gasteiger partial charge is 0.311 e. The minimum absolute atomic E-state index is 0.171. The fraction of sp³-hybridized carbons (Fsp3) is 0.548. The van der Waals surface area contributed by atoms with Crippen LogP contribution in [0, 0.1) is 5.41 Å². The first kappa shape index (κ1) is 29.6. The van der Waals surface area contributed by atoms with Crippen molar-refractivity contribution in [2.24, 2.45) is 5.41 Å². The van der Waals surface area contributed by atoms with Crippen molar-refractivity contribution in [3.8, 4) is 0 Å². The summed E-state index contributed by atoms with van der Waals surface area (Å²) >= 11 is 0. The molecule has 0 saturated carbocycles. The van der Waals surface area contributed by atoms with E-state index in [1.165, 1.54) is 10.4 Å². The van der Waals surface area contributed by atoms with Crippen LogP contribution in [0.5, 0.6) is 0 Å². The Morgan fingerprint density at radius 1 is 1.03 bits per heavy atom. The Hall–Kier alpha value is -2.36. The molecule has 2 aromatic rings. The van der Waals surface area contributed by atoms with Crippen LogP contribution in [0.2, 0.25) is 5.04 Å². The summed E-state index contributed by atoms with van der Waals surface area (Å²) in [5.74, 6) is -2.34. The molecule has 2 bridgehead atoms. The molecule has 0 aliphatic carbocycles. The fourth-order valence-electron chi connectivity index (χ4n) is 6.07. The van der Waals surface area contributed by atoms with Gasteiger partial charge in [-0.15, -0.1) is 0 Å². The highest BCUT2D eigenvalue weighted by molar-refractivity contribution is 6.99. The minimum atomic E-state index is -2.74. The minimum Gasteiger partial charge on any atom is -0.466 e. The van der Waals surface area contributed by atoms with Gasteiger partial charge in [-0.25, -0.2) is 0 Å². The van der Waals surface area contributed by atoms with E-state index in [4.69, 9.17) is 18.6 Å². The molecule has 8 heteroatoms. The molecule has 39 heavy (non-hydrogen) atoms. The van der Waals surface area contributed by atoms with E-state index >= 15 is 0 Å². The number of carbonyl (C=O) groups excluding carboxylic acids is 2. The number of fused-ring (bicyclic) bond motifs is 2. The summed E-state index contributed by atoms with van der Waals surface area (Å²) in [6, 6.07) is 20.8. The number of aliphatic hydroxyl groups excluding tert-OH is 1. The standard InChI is InChI=1S/C31H42O7Si/c1-7-35-26(32)21-31-30(5,6)28(34)27(33)25(38-31)20-22(37-31)18-19-36-39(29(2,3)4,23-14-10-8-11-15-23)24-16-12-9-13-17-24/h8-17,22,25,28,34H,7,18-21H2,1-6H3/t22-,25+,28+,31+/m0/s1. The maximum Gasteiger partial charge on any atom is 0.311 e. The number of carbonyl (C=O) groups is 2. The molecular weight excluding hydrogens is 512 g/mol. The van der Waals surface area contributed by atoms with E-state index < -0.39 is 43.8 Å². The van der Waals surface area contributed by atoms with Crippen LogP contribution in [0.15, 0.2) is 60.7 Å². The van der Waals surface area contributed by atoms with Gasteiger partial charge in [0.2, 0.25) is 0 Å². The highest BCUT2D eigenvalue weighted by Crippen LogP contribution is 2.51. The van der Waals surface area contributed by atoms with E-state index in [0.717, 1.165) is 0 Å². The molecule has 4 rings (SSSR count). The first-order chi connectivity index (χ1) is 18.4. The third kappa shape index (κ3) is 5.37. The molecule has 0 unspecified atom stereocenters. The van der Waals surface area contributed by atoms with Gasteiger partial charge >= 0.3 is 5.97 Å². The van der Waals surface area contributed by atoms with Crippen LogP contribution in [-0.2, 0) is 28.2 Å². The molecule has 2 aliphatic rings. The van der Waals surface area contributed by atoms with E-state index in [0.29, 0.717) is 19.4 Å². The second-order valence-corrected chi connectivity index (χ2v) is 16.4. The van der Waals surface area contributed by atoms with Gasteiger partial charge in [-0.3, -0.25) is 9.59 Å². The molecule has 2 saturated heterocycles. The number of hydrogen-bond acceptors (Lipinski definition) is 7. The van der Waals surface area contributed by atoms with Crippen LogP contribution in [0.3, 0.4) is 0 Å². The fourth-order valence-corrected chi connectivity index (χ4v) is 10.7. The summed E-state index contributed by atoms with van der Waals surface area (Å²) < 4.78 is 24.9. The third-order valence-corrected chi connectivity index (χ3v) is 13.3. The van der Waals surface area contributed by atoms with Gasteiger partial charge in [0.25, 0.3) is 8.32 Å². The van der Waals surface area contributed by atoms with Crippen LogP contribution in [0.1, 0.15) is 60.8 Å². The van der Waals surface area contributed by atoms with Gasteiger partial charge in [-0.2, -0.15) is 0 Å². The van der Waals surface area contributed by atoms with Crippen LogP contribution in [0.25, 0.3) is 0 Å². The predicted molar refractivity (Wildman–Crippen MR) is 151 cm³/mol. The quantitative estimate of drug-likeness (QED) is 0.373. The molecule has 212 valence electrons. The first-order valence-corrected chi connectivity index (χ1v) is 15.8. The van der Waals surface area contributed by atoms with Gasteiger partial charge in [0.1, 0.15) is 18.6 Å². The van der Waals surface area contributed by atoms with E-state index in [1.807, 2.05) is 12.1 Å². The average Bonchev–Trinajstić information content (AvgIpc) is 2.90. The Labute approximate surface area is 232 Å². The van der Waals surface area contributed by atoms with Crippen molar-refractivity contribution < 1.29 is 33.3 Å². The van der Waals surface area contributed by atoms with Crippen molar-refractivity contribution in [3.05, 3.63) is 60.7 Å². The predicted octanol–water partition coefficient (Wildman–Crippen LogP) is 3.75. The summed E-state index contributed by atoms with van der Waals surface area (Å²) in [5, 5.41) is 13.1. The topological polar surface area (TPSA) is 91.3 Å². The number of ketones is 1. The van der Waals surface area contributed by atoms with Gasteiger partial charge in [-0.1, -0.05) is 95.3 Å². The van der Waals surface area contributed by atoms with Crippen LogP contribution in [0.4, 0.5) is 0 Å². The summed E-state index contributed by atoms with van der Waals surface area (Å²) in [4.78, 5) is 25.6. The number of aliphatic hydroxyl groups is 1. The zero-order valence-corrected chi connectivity index (χ0v) is 24.9. The number of hydrogen-bond donors (Lipinski definition) is 1. The van der Waals surface area contributed by atoms with Crippen molar-refractivity contribution in [1.29, 1.82) is 0 Å². The molecular formula is C31H42O7Si. The molecule has 0 aromatic heterocycles. The monoisotopic (exact) mass is 554 g/mol. The van der Waals surface area contributed by atoms with Crippen LogP contribution < -0.4 is 10.4 Å². The molecule has 1 N–H and O–H groups in total. The zero-order chi connectivity index (χ0) is 28.5. The second kappa shape index (κ2) is 11.3. The van der Waals surface area contributed by atoms with E-state index in [9.17, 15) is 14.7 Å². The Morgan fingerprint density at radius 2 is 1.59 bits per heavy atom. The SMILES string of the molecule is CCOC(=O)C[C@@]12O[C@@H](CCO[Si](c3ccccc3)(c3ccccc3)C(C)(C)C)C[C@@H](O1)C(=O)[C@@H](O)C2(C)C. The molecule has 2 heterocycles. The Balaban J connectivity index is 1.62. The lowest BCUT2D eigenvalue weighted by molar-refractivity contribution is -0.379. The summed E-state index contributed by atoms with van der Waals surface area (Å²) in [7, 11) is -2.74. The molecule has 7 nitrogen and oxygen atoms in total. The highest BCUT2D eigenvalue weighted by Gasteiger charge is 2.64. The summed E-state index contributed by atoms with van der Waals surface area (Å²) in [6.45, 7) is 12.4. The Morgan fingerprint density at radius 3 is 2.10 bits per heavy atom. The van der Waals surface area contributed by atoms with Gasteiger partial charge in [0.15, 0.2) is 11.6 Å². The highest BCUT2D eigenvalue weighted by atomic mass is 28.4. The Bertz CT molecular complexity index is 1110. The molecule has 0 radical (unpaired) electrons. The lowest BCUT2D eigenvalue weighted by Gasteiger charge is -2.57. The van der Waals surface area contributed by atoms with Crippen LogP contribution >= 0.6 is 0 Å². The van der Waals surface area contributed by atoms with E-state index in [2.05, 4.69) is 69.3 Å².